The summed E-state index contributed by atoms with van der Waals surface area (Å²) in [5.74, 6) is -1.01. The van der Waals surface area contributed by atoms with Gasteiger partial charge in [-0.1, -0.05) is 23.7 Å². The van der Waals surface area contributed by atoms with Crippen LogP contribution in [0.3, 0.4) is 0 Å². The van der Waals surface area contributed by atoms with Crippen LogP contribution in [0.2, 0.25) is 5.02 Å². The monoisotopic (exact) mass is 506 g/mol. The average molecular weight is 507 g/mol. The number of carbonyl (C=O) groups excluding carboxylic acids is 2. The van der Waals surface area contributed by atoms with E-state index in [0.29, 0.717) is 25.2 Å². The molecule has 7 nitrogen and oxygen atoms in total. The molecule has 2 amide bonds. The number of rotatable bonds is 6. The number of carbonyl (C=O) groups is 2. The zero-order chi connectivity index (χ0) is 24.2. The smallest absolute Gasteiger partial charge is 0.254 e. The first kappa shape index (κ1) is 23.3. The number of sulfone groups is 1. The second-order valence-electron chi connectivity index (χ2n) is 9.28. The van der Waals surface area contributed by atoms with E-state index in [4.69, 9.17) is 16.3 Å². The van der Waals surface area contributed by atoms with E-state index < -0.39 is 27.7 Å². The van der Waals surface area contributed by atoms with Gasteiger partial charge in [0.25, 0.3) is 5.91 Å². The molecule has 2 aromatic carbocycles. The minimum absolute atomic E-state index is 0.00247. The number of halogens is 2. The molecule has 1 saturated carbocycles. The minimum Gasteiger partial charge on any atom is -0.381 e. The number of likely N-dealkylation sites (tertiary alicyclic amines) is 1. The summed E-state index contributed by atoms with van der Waals surface area (Å²) >= 11 is 5.83. The zero-order valence-electron chi connectivity index (χ0n) is 18.4. The van der Waals surface area contributed by atoms with Crippen molar-refractivity contribution in [2.24, 2.45) is 11.8 Å². The van der Waals surface area contributed by atoms with Gasteiger partial charge in [0.1, 0.15) is 11.9 Å². The molecule has 3 fully saturated rings. The molecule has 3 aliphatic rings. The number of nitrogens with one attached hydrogen (secondary N) is 1. The Balaban J connectivity index is 1.38. The van der Waals surface area contributed by atoms with Crippen molar-refractivity contribution in [1.29, 1.82) is 0 Å². The van der Waals surface area contributed by atoms with Crippen LogP contribution in [-0.4, -0.2) is 56.7 Å². The van der Waals surface area contributed by atoms with Gasteiger partial charge in [-0.25, -0.2) is 12.8 Å². The highest BCUT2D eigenvalue weighted by molar-refractivity contribution is 7.90. The Morgan fingerprint density at radius 2 is 1.94 bits per heavy atom. The first-order valence-corrected chi connectivity index (χ1v) is 13.4. The summed E-state index contributed by atoms with van der Waals surface area (Å²) in [5, 5.41) is 3.02. The molecule has 2 heterocycles. The maximum absolute atomic E-state index is 14.1. The third-order valence-corrected chi connectivity index (χ3v) is 8.30. The van der Waals surface area contributed by atoms with Crippen LogP contribution in [0, 0.1) is 17.7 Å². The lowest BCUT2D eigenvalue weighted by Crippen LogP contribution is -2.51. The number of benzene rings is 2. The number of ether oxygens (including phenoxy) is 1. The Morgan fingerprint density at radius 3 is 2.59 bits per heavy atom. The summed E-state index contributed by atoms with van der Waals surface area (Å²) in [6.07, 6.45) is 2.45. The lowest BCUT2D eigenvalue weighted by Gasteiger charge is -2.36. The van der Waals surface area contributed by atoms with Gasteiger partial charge in [0.05, 0.1) is 29.2 Å². The summed E-state index contributed by atoms with van der Waals surface area (Å²) in [5.41, 5.74) is 0.822. The van der Waals surface area contributed by atoms with Gasteiger partial charge < -0.3 is 15.0 Å². The van der Waals surface area contributed by atoms with Gasteiger partial charge in [-0.05, 0) is 54.7 Å². The topological polar surface area (TPSA) is 92.8 Å². The van der Waals surface area contributed by atoms with E-state index >= 15 is 0 Å². The molecular formula is C24H24ClFN2O5S. The summed E-state index contributed by atoms with van der Waals surface area (Å²) in [6.45, 7) is 0.873. The van der Waals surface area contributed by atoms with Crippen molar-refractivity contribution in [1.82, 2.24) is 10.2 Å². The van der Waals surface area contributed by atoms with Crippen molar-refractivity contribution < 1.29 is 27.1 Å². The van der Waals surface area contributed by atoms with Crippen molar-refractivity contribution in [3.05, 3.63) is 64.4 Å². The van der Waals surface area contributed by atoms with Crippen LogP contribution in [0.4, 0.5) is 4.39 Å². The van der Waals surface area contributed by atoms with Crippen LogP contribution in [0.5, 0.6) is 0 Å². The summed E-state index contributed by atoms with van der Waals surface area (Å²) in [6, 6.07) is 9.15. The average Bonchev–Trinajstić information content (AvgIpc) is 3.42. The molecule has 1 aliphatic carbocycles. The summed E-state index contributed by atoms with van der Waals surface area (Å²) in [4.78, 5) is 28.4. The molecule has 5 rings (SSSR count). The highest BCUT2D eigenvalue weighted by Crippen LogP contribution is 2.48. The van der Waals surface area contributed by atoms with E-state index in [1.54, 1.807) is 17.0 Å². The van der Waals surface area contributed by atoms with Crippen molar-refractivity contribution in [3.8, 4) is 0 Å². The molecule has 0 radical (unpaired) electrons. The van der Waals surface area contributed by atoms with E-state index in [1.807, 2.05) is 0 Å². The van der Waals surface area contributed by atoms with Crippen LogP contribution in [0.15, 0.2) is 47.4 Å². The fourth-order valence-electron chi connectivity index (χ4n) is 4.87. The van der Waals surface area contributed by atoms with E-state index in [9.17, 15) is 22.4 Å². The number of amides is 2. The molecule has 34 heavy (non-hydrogen) atoms. The van der Waals surface area contributed by atoms with E-state index in [1.165, 1.54) is 30.3 Å². The highest BCUT2D eigenvalue weighted by atomic mass is 35.5. The molecule has 0 spiro atoms. The first-order valence-electron chi connectivity index (χ1n) is 11.1. The second kappa shape index (κ2) is 8.62. The van der Waals surface area contributed by atoms with Crippen LogP contribution in [-0.2, 0) is 19.4 Å². The Labute approximate surface area is 202 Å². The molecular weight excluding hydrogens is 483 g/mol. The van der Waals surface area contributed by atoms with Crippen molar-refractivity contribution in [3.63, 3.8) is 0 Å². The SMILES string of the molecule is CS(=O)(=O)c1cccc(C(=O)N2C(C(=O)N[C@@H](c3ccc(Cl)c(F)c3)C3COC3)C[C@H]3C[C@H]32)c1. The molecule has 10 heteroatoms. The fraction of sp³-hybridized carbons (Fsp3) is 0.417. The van der Waals surface area contributed by atoms with E-state index in [-0.39, 0.29) is 45.2 Å². The predicted octanol–water partition coefficient (Wildman–Crippen LogP) is 2.99. The van der Waals surface area contributed by atoms with Crippen LogP contribution >= 0.6 is 11.6 Å². The lowest BCUT2D eigenvalue weighted by molar-refractivity contribution is -0.128. The van der Waals surface area contributed by atoms with Crippen molar-refractivity contribution >= 4 is 33.3 Å². The molecule has 1 unspecified atom stereocenters. The van der Waals surface area contributed by atoms with E-state index in [2.05, 4.69) is 5.32 Å². The first-order chi connectivity index (χ1) is 16.1. The molecule has 180 valence electrons. The lowest BCUT2D eigenvalue weighted by atomic mass is 9.91. The number of nitrogens with zero attached hydrogens (tertiary/aromatic N) is 1. The maximum Gasteiger partial charge on any atom is 0.254 e. The molecule has 0 aromatic heterocycles. The van der Waals surface area contributed by atoms with Crippen molar-refractivity contribution in [2.75, 3.05) is 19.5 Å². The Bertz CT molecular complexity index is 1270. The largest absolute Gasteiger partial charge is 0.381 e. The molecule has 2 saturated heterocycles. The number of piperidine rings is 1. The Morgan fingerprint density at radius 1 is 1.18 bits per heavy atom. The summed E-state index contributed by atoms with van der Waals surface area (Å²) in [7, 11) is -3.48. The van der Waals surface area contributed by atoms with Crippen molar-refractivity contribution in [2.45, 2.75) is 35.9 Å². The predicted molar refractivity (Wildman–Crippen MR) is 123 cm³/mol. The standard InChI is InChI=1S/C24H24ClFN2O5S/c1-34(31,32)17-4-2-3-14(7-17)24(30)28-20-9-15(20)10-21(28)23(29)27-22(16-11-33-12-16)13-5-6-18(25)19(26)8-13/h2-8,15-16,20-22H,9-12H2,1H3,(H,27,29)/t15-,20-,21?,22+/m1/s1. The molecule has 2 aromatic rings. The van der Waals surface area contributed by atoms with Gasteiger partial charge in [-0.2, -0.15) is 0 Å². The van der Waals surface area contributed by atoms with Gasteiger partial charge >= 0.3 is 0 Å². The van der Waals surface area contributed by atoms with Crippen LogP contribution in [0.25, 0.3) is 0 Å². The Hall–Kier alpha value is -2.49. The van der Waals surface area contributed by atoms with E-state index in [0.717, 1.165) is 12.7 Å². The van der Waals surface area contributed by atoms with Gasteiger partial charge in [0.15, 0.2) is 9.84 Å². The third kappa shape index (κ3) is 4.32. The number of fused-ring (bicyclic) bond motifs is 1. The minimum atomic E-state index is -3.48. The molecule has 1 N–H and O–H groups in total. The number of hydrogen-bond donors (Lipinski definition) is 1. The molecule has 2 aliphatic heterocycles. The normalized spacial score (nSPS) is 24.8. The van der Waals surface area contributed by atoms with Gasteiger partial charge in [0.2, 0.25) is 5.91 Å². The van der Waals surface area contributed by atoms with Gasteiger partial charge in [-0.3, -0.25) is 9.59 Å². The van der Waals surface area contributed by atoms with Gasteiger partial charge in [-0.15, -0.1) is 0 Å². The van der Waals surface area contributed by atoms with Crippen LogP contribution in [0.1, 0.15) is 34.8 Å². The third-order valence-electron chi connectivity index (χ3n) is 6.89. The van der Waals surface area contributed by atoms with Gasteiger partial charge in [0, 0.05) is 23.8 Å². The molecule has 4 atom stereocenters. The molecule has 0 bridgehead atoms. The summed E-state index contributed by atoms with van der Waals surface area (Å²) < 4.78 is 43.3. The zero-order valence-corrected chi connectivity index (χ0v) is 20.0. The maximum atomic E-state index is 14.1. The highest BCUT2D eigenvalue weighted by Gasteiger charge is 2.56. The van der Waals surface area contributed by atoms with Crippen LogP contribution < -0.4 is 5.32 Å². The fourth-order valence-corrected chi connectivity index (χ4v) is 5.65. The number of hydrogen-bond acceptors (Lipinski definition) is 5. The Kier molecular flexibility index (Phi) is 5.90. The second-order valence-corrected chi connectivity index (χ2v) is 11.7. The quantitative estimate of drug-likeness (QED) is 0.650.